The van der Waals surface area contributed by atoms with Crippen LogP contribution in [0.25, 0.3) is 0 Å². The summed E-state index contributed by atoms with van der Waals surface area (Å²) in [5.41, 5.74) is 1.22. The highest BCUT2D eigenvalue weighted by Gasteiger charge is 2.39. The minimum absolute atomic E-state index is 0.233. The van der Waals surface area contributed by atoms with Gasteiger partial charge in [-0.15, -0.1) is 0 Å². The first-order chi connectivity index (χ1) is 9.70. The highest BCUT2D eigenvalue weighted by molar-refractivity contribution is 6.30. The maximum atomic E-state index is 12.0. The largest absolute Gasteiger partial charge is 0.356 e. The lowest BCUT2D eigenvalue weighted by molar-refractivity contribution is -0.122. The Morgan fingerprint density at radius 2 is 2.00 bits per heavy atom. The van der Waals surface area contributed by atoms with Gasteiger partial charge >= 0.3 is 0 Å². The number of nitrogens with one attached hydrogen (secondary N) is 1. The molecule has 2 saturated carbocycles. The Kier molecular flexibility index (Phi) is 4.30. The molecule has 20 heavy (non-hydrogen) atoms. The van der Waals surface area contributed by atoms with Crippen LogP contribution < -0.4 is 5.32 Å². The Hall–Kier alpha value is -1.02. The second-order valence-corrected chi connectivity index (χ2v) is 6.80. The van der Waals surface area contributed by atoms with Crippen molar-refractivity contribution in [3.63, 3.8) is 0 Å². The number of benzene rings is 1. The first-order valence-corrected chi connectivity index (χ1v) is 8.09. The maximum absolute atomic E-state index is 12.0. The molecule has 2 aliphatic rings. The third kappa shape index (κ3) is 3.35. The van der Waals surface area contributed by atoms with Gasteiger partial charge in [-0.2, -0.15) is 0 Å². The quantitative estimate of drug-likeness (QED) is 0.878. The van der Waals surface area contributed by atoms with Crippen LogP contribution in [-0.2, 0) is 11.2 Å². The first-order valence-electron chi connectivity index (χ1n) is 7.72. The van der Waals surface area contributed by atoms with E-state index in [2.05, 4.69) is 5.32 Å². The molecular formula is C17H22ClNO. The van der Waals surface area contributed by atoms with Crippen LogP contribution in [0.3, 0.4) is 0 Å². The van der Waals surface area contributed by atoms with E-state index in [0.29, 0.717) is 5.92 Å². The van der Waals surface area contributed by atoms with Gasteiger partial charge in [-0.05, 0) is 61.1 Å². The van der Waals surface area contributed by atoms with Gasteiger partial charge in [0.05, 0.1) is 0 Å². The number of carbonyl (C=O) groups excluding carboxylic acids is 1. The van der Waals surface area contributed by atoms with Gasteiger partial charge in [-0.1, -0.05) is 30.2 Å². The fourth-order valence-electron chi connectivity index (χ4n) is 3.93. The molecular weight excluding hydrogens is 270 g/mol. The van der Waals surface area contributed by atoms with Crippen molar-refractivity contribution >= 4 is 17.5 Å². The van der Waals surface area contributed by atoms with Crippen LogP contribution in [0.1, 0.15) is 37.7 Å². The third-order valence-corrected chi connectivity index (χ3v) is 5.23. The van der Waals surface area contributed by atoms with Gasteiger partial charge in [0, 0.05) is 18.0 Å². The topological polar surface area (TPSA) is 29.1 Å². The molecule has 0 saturated heterocycles. The lowest BCUT2D eigenvalue weighted by atomic mass is 9.86. The average molecular weight is 292 g/mol. The summed E-state index contributed by atoms with van der Waals surface area (Å²) < 4.78 is 0. The molecule has 3 heteroatoms. The van der Waals surface area contributed by atoms with Crippen molar-refractivity contribution < 1.29 is 4.79 Å². The Morgan fingerprint density at radius 3 is 2.65 bits per heavy atom. The normalized spacial score (nSPS) is 27.8. The predicted molar refractivity (Wildman–Crippen MR) is 81.7 cm³/mol. The number of hydrogen-bond acceptors (Lipinski definition) is 1. The number of fused-ring (bicyclic) bond motifs is 2. The Bertz CT molecular complexity index is 470. The summed E-state index contributed by atoms with van der Waals surface area (Å²) in [5.74, 6) is 2.65. The SMILES string of the molecule is O=C(C[C@H]1C[C@@H]2CC[C@@H]1C2)NCCc1ccc(Cl)cc1. The number of halogens is 1. The van der Waals surface area contributed by atoms with Crippen LogP contribution in [0.2, 0.25) is 5.02 Å². The lowest BCUT2D eigenvalue weighted by Gasteiger charge is -2.20. The van der Waals surface area contributed by atoms with Gasteiger partial charge in [0.2, 0.25) is 5.91 Å². The first kappa shape index (κ1) is 13.9. The van der Waals surface area contributed by atoms with E-state index in [1.165, 1.54) is 31.2 Å². The van der Waals surface area contributed by atoms with Gasteiger partial charge in [-0.25, -0.2) is 0 Å². The van der Waals surface area contributed by atoms with E-state index in [0.717, 1.165) is 36.2 Å². The minimum Gasteiger partial charge on any atom is -0.356 e. The highest BCUT2D eigenvalue weighted by Crippen LogP contribution is 2.49. The van der Waals surface area contributed by atoms with Crippen LogP contribution in [0.15, 0.2) is 24.3 Å². The molecule has 3 atom stereocenters. The minimum atomic E-state index is 0.233. The molecule has 2 aliphatic carbocycles. The molecule has 0 unspecified atom stereocenters. The van der Waals surface area contributed by atoms with Crippen molar-refractivity contribution in [1.29, 1.82) is 0 Å². The molecule has 2 bridgehead atoms. The van der Waals surface area contributed by atoms with E-state index in [1.54, 1.807) is 0 Å². The monoisotopic (exact) mass is 291 g/mol. The van der Waals surface area contributed by atoms with Gasteiger partial charge in [0.15, 0.2) is 0 Å². The molecule has 1 amide bonds. The smallest absolute Gasteiger partial charge is 0.220 e. The summed E-state index contributed by atoms with van der Waals surface area (Å²) in [7, 11) is 0. The van der Waals surface area contributed by atoms with Gasteiger partial charge < -0.3 is 5.32 Å². The molecule has 1 N–H and O–H groups in total. The number of carbonyl (C=O) groups is 1. The molecule has 2 fully saturated rings. The second kappa shape index (κ2) is 6.17. The highest BCUT2D eigenvalue weighted by atomic mass is 35.5. The summed E-state index contributed by atoms with van der Waals surface area (Å²) in [6.45, 7) is 0.723. The molecule has 1 aromatic carbocycles. The third-order valence-electron chi connectivity index (χ3n) is 4.98. The van der Waals surface area contributed by atoms with E-state index in [9.17, 15) is 4.79 Å². The number of amides is 1. The Labute approximate surface area is 125 Å². The summed E-state index contributed by atoms with van der Waals surface area (Å²) in [6.07, 6.45) is 7.03. The Morgan fingerprint density at radius 1 is 1.20 bits per heavy atom. The molecule has 0 heterocycles. The van der Waals surface area contributed by atoms with E-state index in [-0.39, 0.29) is 5.91 Å². The van der Waals surface area contributed by atoms with Gasteiger partial charge in [-0.3, -0.25) is 4.79 Å². The fourth-order valence-corrected chi connectivity index (χ4v) is 4.06. The van der Waals surface area contributed by atoms with Crippen molar-refractivity contribution in [1.82, 2.24) is 5.32 Å². The molecule has 108 valence electrons. The van der Waals surface area contributed by atoms with Crippen molar-refractivity contribution in [2.45, 2.75) is 38.5 Å². The van der Waals surface area contributed by atoms with Gasteiger partial charge in [0.25, 0.3) is 0 Å². The van der Waals surface area contributed by atoms with Crippen LogP contribution in [0.4, 0.5) is 0 Å². The van der Waals surface area contributed by atoms with E-state index < -0.39 is 0 Å². The second-order valence-electron chi connectivity index (χ2n) is 6.37. The van der Waals surface area contributed by atoms with Crippen molar-refractivity contribution in [2.24, 2.45) is 17.8 Å². The van der Waals surface area contributed by atoms with Crippen molar-refractivity contribution in [3.8, 4) is 0 Å². The predicted octanol–water partition coefficient (Wildman–Crippen LogP) is 3.83. The molecule has 3 rings (SSSR count). The molecule has 0 spiro atoms. The van der Waals surface area contributed by atoms with Crippen LogP contribution in [0, 0.1) is 17.8 Å². The van der Waals surface area contributed by atoms with E-state index >= 15 is 0 Å². The maximum Gasteiger partial charge on any atom is 0.220 e. The fraction of sp³-hybridized carbons (Fsp3) is 0.588. The Balaban J connectivity index is 1.38. The molecule has 2 nitrogen and oxygen atoms in total. The summed E-state index contributed by atoms with van der Waals surface area (Å²) in [5, 5.41) is 3.82. The average Bonchev–Trinajstić information content (AvgIpc) is 3.03. The van der Waals surface area contributed by atoms with Crippen LogP contribution in [-0.4, -0.2) is 12.5 Å². The zero-order chi connectivity index (χ0) is 13.9. The number of rotatable bonds is 5. The zero-order valence-electron chi connectivity index (χ0n) is 11.8. The van der Waals surface area contributed by atoms with Crippen molar-refractivity contribution in [3.05, 3.63) is 34.9 Å². The zero-order valence-corrected chi connectivity index (χ0v) is 12.5. The van der Waals surface area contributed by atoms with E-state index in [1.807, 2.05) is 24.3 Å². The molecule has 0 aliphatic heterocycles. The van der Waals surface area contributed by atoms with Crippen molar-refractivity contribution in [2.75, 3.05) is 6.54 Å². The summed E-state index contributed by atoms with van der Waals surface area (Å²) in [4.78, 5) is 12.0. The molecule has 0 radical (unpaired) electrons. The lowest BCUT2D eigenvalue weighted by Crippen LogP contribution is -2.28. The standard InChI is InChI=1S/C17H22ClNO/c18-16-5-2-12(3-6-16)7-8-19-17(20)11-15-10-13-1-4-14(15)9-13/h2-3,5-6,13-15H,1,4,7-11H2,(H,19,20)/t13-,14-,15-/m1/s1. The summed E-state index contributed by atoms with van der Waals surface area (Å²) in [6, 6.07) is 7.83. The van der Waals surface area contributed by atoms with Crippen LogP contribution in [0.5, 0.6) is 0 Å². The molecule has 1 aromatic rings. The van der Waals surface area contributed by atoms with Crippen LogP contribution >= 0.6 is 11.6 Å². The number of hydrogen-bond donors (Lipinski definition) is 1. The molecule has 0 aromatic heterocycles. The summed E-state index contributed by atoms with van der Waals surface area (Å²) >= 11 is 5.85. The van der Waals surface area contributed by atoms with Gasteiger partial charge in [0.1, 0.15) is 0 Å². The van der Waals surface area contributed by atoms with E-state index in [4.69, 9.17) is 11.6 Å².